The number of nitrogens with zero attached hydrogens (tertiary/aromatic N) is 2. The van der Waals surface area contributed by atoms with Gasteiger partial charge in [-0.25, -0.2) is 0 Å². The normalized spacial score (nSPS) is 23.7. The van der Waals surface area contributed by atoms with Crippen LogP contribution in [0.3, 0.4) is 0 Å². The zero-order valence-corrected chi connectivity index (χ0v) is 14.8. The summed E-state index contributed by atoms with van der Waals surface area (Å²) in [5.74, 6) is -0.303. The third-order valence-corrected chi connectivity index (χ3v) is 5.06. The molecule has 0 aliphatic carbocycles. The first-order valence-corrected chi connectivity index (χ1v) is 8.94. The van der Waals surface area contributed by atoms with Gasteiger partial charge < -0.3 is 15.1 Å². The van der Waals surface area contributed by atoms with Gasteiger partial charge >= 0.3 is 0 Å². The van der Waals surface area contributed by atoms with Crippen LogP contribution in [0.4, 0.5) is 11.4 Å². The van der Waals surface area contributed by atoms with Crippen molar-refractivity contribution < 1.29 is 14.4 Å². The molecular formula is C19H25N3O3. The number of rotatable bonds is 3. The molecule has 3 rings (SSSR count). The van der Waals surface area contributed by atoms with Crippen molar-refractivity contribution in [2.24, 2.45) is 5.92 Å². The lowest BCUT2D eigenvalue weighted by Crippen LogP contribution is -2.45. The summed E-state index contributed by atoms with van der Waals surface area (Å²) in [5, 5.41) is 2.71. The maximum atomic E-state index is 12.8. The van der Waals surface area contributed by atoms with Gasteiger partial charge in [0.25, 0.3) is 0 Å². The third kappa shape index (κ3) is 3.83. The second kappa shape index (κ2) is 7.25. The number of piperidine rings is 1. The minimum Gasteiger partial charge on any atom is -0.340 e. The minimum atomic E-state index is -0.261. The van der Waals surface area contributed by atoms with Crippen molar-refractivity contribution in [3.8, 4) is 0 Å². The molecular weight excluding hydrogens is 318 g/mol. The van der Waals surface area contributed by atoms with E-state index in [2.05, 4.69) is 12.2 Å². The lowest BCUT2D eigenvalue weighted by atomic mass is 9.99. The molecule has 3 amide bonds. The largest absolute Gasteiger partial charge is 0.340 e. The van der Waals surface area contributed by atoms with Crippen LogP contribution in [0.25, 0.3) is 0 Å². The Morgan fingerprint density at radius 2 is 1.88 bits per heavy atom. The van der Waals surface area contributed by atoms with Crippen LogP contribution < -0.4 is 10.2 Å². The van der Waals surface area contributed by atoms with Crippen molar-refractivity contribution in [1.82, 2.24) is 4.90 Å². The SMILES string of the molecule is CC(=O)Nc1ccc(N2C[C@H](C(=O)N3CCCC[C@H]3C)CC2=O)cc1. The van der Waals surface area contributed by atoms with Crippen LogP contribution in [-0.4, -0.2) is 41.8 Å². The van der Waals surface area contributed by atoms with Gasteiger partial charge in [-0.05, 0) is 50.5 Å². The van der Waals surface area contributed by atoms with Crippen LogP contribution in [0.2, 0.25) is 0 Å². The van der Waals surface area contributed by atoms with E-state index >= 15 is 0 Å². The highest BCUT2D eigenvalue weighted by atomic mass is 16.2. The molecule has 0 saturated carbocycles. The number of anilines is 2. The fourth-order valence-electron chi connectivity index (χ4n) is 3.71. The molecule has 0 bridgehead atoms. The molecule has 2 atom stereocenters. The summed E-state index contributed by atoms with van der Waals surface area (Å²) in [7, 11) is 0. The van der Waals surface area contributed by atoms with E-state index in [0.29, 0.717) is 12.2 Å². The molecule has 1 N–H and O–H groups in total. The average molecular weight is 343 g/mol. The zero-order chi connectivity index (χ0) is 18.0. The summed E-state index contributed by atoms with van der Waals surface area (Å²) in [6.07, 6.45) is 3.53. The molecule has 1 aromatic rings. The predicted octanol–water partition coefficient (Wildman–Crippen LogP) is 2.40. The highest BCUT2D eigenvalue weighted by molar-refractivity contribution is 6.00. The summed E-state index contributed by atoms with van der Waals surface area (Å²) >= 11 is 0. The van der Waals surface area contributed by atoms with Gasteiger partial charge in [0.1, 0.15) is 0 Å². The van der Waals surface area contributed by atoms with Crippen LogP contribution >= 0.6 is 0 Å². The Labute approximate surface area is 148 Å². The highest BCUT2D eigenvalue weighted by Crippen LogP contribution is 2.29. The van der Waals surface area contributed by atoms with Gasteiger partial charge in [-0.15, -0.1) is 0 Å². The lowest BCUT2D eigenvalue weighted by Gasteiger charge is -2.35. The molecule has 0 radical (unpaired) electrons. The zero-order valence-electron chi connectivity index (χ0n) is 14.8. The standard InChI is InChI=1S/C19H25N3O3/c1-13-5-3-4-10-21(13)19(25)15-11-18(24)22(12-15)17-8-6-16(7-9-17)20-14(2)23/h6-9,13,15H,3-5,10-12H2,1-2H3,(H,20,23)/t13-,15-/m1/s1. The number of amides is 3. The van der Waals surface area contributed by atoms with Crippen LogP contribution in [0.15, 0.2) is 24.3 Å². The van der Waals surface area contributed by atoms with Crippen molar-refractivity contribution in [3.63, 3.8) is 0 Å². The second-order valence-corrected chi connectivity index (χ2v) is 7.01. The first-order valence-electron chi connectivity index (χ1n) is 8.94. The molecule has 6 nitrogen and oxygen atoms in total. The van der Waals surface area contributed by atoms with Gasteiger partial charge in [0.15, 0.2) is 0 Å². The lowest BCUT2D eigenvalue weighted by molar-refractivity contribution is -0.139. The number of hydrogen-bond acceptors (Lipinski definition) is 3. The molecule has 2 aliphatic heterocycles. The number of benzene rings is 1. The van der Waals surface area contributed by atoms with Crippen molar-refractivity contribution in [2.75, 3.05) is 23.3 Å². The van der Waals surface area contributed by atoms with Crippen molar-refractivity contribution in [1.29, 1.82) is 0 Å². The smallest absolute Gasteiger partial charge is 0.228 e. The molecule has 25 heavy (non-hydrogen) atoms. The number of hydrogen-bond donors (Lipinski definition) is 1. The van der Waals surface area contributed by atoms with Gasteiger partial charge in [-0.3, -0.25) is 14.4 Å². The Morgan fingerprint density at radius 1 is 1.16 bits per heavy atom. The fourth-order valence-corrected chi connectivity index (χ4v) is 3.71. The van der Waals surface area contributed by atoms with E-state index in [0.717, 1.165) is 25.1 Å². The van der Waals surface area contributed by atoms with Crippen LogP contribution in [-0.2, 0) is 14.4 Å². The Balaban J connectivity index is 1.67. The van der Waals surface area contributed by atoms with Crippen LogP contribution in [0, 0.1) is 5.92 Å². The third-order valence-electron chi connectivity index (χ3n) is 5.06. The number of carbonyl (C=O) groups excluding carboxylic acids is 3. The van der Waals surface area contributed by atoms with Crippen LogP contribution in [0.1, 0.15) is 39.5 Å². The summed E-state index contributed by atoms with van der Waals surface area (Å²) in [4.78, 5) is 39.9. The van der Waals surface area contributed by atoms with E-state index in [1.54, 1.807) is 29.2 Å². The summed E-state index contributed by atoms with van der Waals surface area (Å²) in [6, 6.07) is 7.42. The van der Waals surface area contributed by atoms with E-state index in [4.69, 9.17) is 0 Å². The first-order chi connectivity index (χ1) is 12.0. The molecule has 2 heterocycles. The quantitative estimate of drug-likeness (QED) is 0.916. The first kappa shape index (κ1) is 17.5. The molecule has 2 aliphatic rings. The van der Waals surface area contributed by atoms with E-state index in [9.17, 15) is 14.4 Å². The van der Waals surface area contributed by atoms with E-state index in [-0.39, 0.29) is 36.1 Å². The number of likely N-dealkylation sites (tertiary alicyclic amines) is 1. The summed E-state index contributed by atoms with van der Waals surface area (Å²) in [5.41, 5.74) is 1.46. The highest BCUT2D eigenvalue weighted by Gasteiger charge is 2.38. The maximum Gasteiger partial charge on any atom is 0.228 e. The van der Waals surface area contributed by atoms with Crippen molar-refractivity contribution >= 4 is 29.1 Å². The Kier molecular flexibility index (Phi) is 5.06. The van der Waals surface area contributed by atoms with Gasteiger partial charge in [0.05, 0.1) is 5.92 Å². The summed E-state index contributed by atoms with van der Waals surface area (Å²) < 4.78 is 0. The fraction of sp³-hybridized carbons (Fsp3) is 0.526. The molecule has 1 aromatic carbocycles. The van der Waals surface area contributed by atoms with Gasteiger partial charge in [-0.2, -0.15) is 0 Å². The molecule has 2 saturated heterocycles. The summed E-state index contributed by atoms with van der Waals surface area (Å²) in [6.45, 7) is 4.78. The monoisotopic (exact) mass is 343 g/mol. The second-order valence-electron chi connectivity index (χ2n) is 7.01. The number of nitrogens with one attached hydrogen (secondary N) is 1. The van der Waals surface area contributed by atoms with Gasteiger partial charge in [0, 0.05) is 43.9 Å². The average Bonchev–Trinajstić information content (AvgIpc) is 2.97. The van der Waals surface area contributed by atoms with E-state index in [1.807, 2.05) is 4.90 Å². The van der Waals surface area contributed by atoms with Gasteiger partial charge in [0.2, 0.25) is 17.7 Å². The minimum absolute atomic E-state index is 0.0183. The molecule has 0 unspecified atom stereocenters. The molecule has 2 fully saturated rings. The van der Waals surface area contributed by atoms with E-state index < -0.39 is 0 Å². The Hall–Kier alpha value is -2.37. The number of carbonyl (C=O) groups is 3. The van der Waals surface area contributed by atoms with Gasteiger partial charge in [-0.1, -0.05) is 0 Å². The van der Waals surface area contributed by atoms with E-state index in [1.165, 1.54) is 13.3 Å². The molecule has 134 valence electrons. The Bertz CT molecular complexity index is 671. The topological polar surface area (TPSA) is 69.7 Å². The molecule has 6 heteroatoms. The predicted molar refractivity (Wildman–Crippen MR) is 96.2 cm³/mol. The Morgan fingerprint density at radius 3 is 2.52 bits per heavy atom. The molecule has 0 spiro atoms. The maximum absolute atomic E-state index is 12.8. The van der Waals surface area contributed by atoms with Crippen molar-refractivity contribution in [3.05, 3.63) is 24.3 Å². The van der Waals surface area contributed by atoms with Crippen molar-refractivity contribution in [2.45, 2.75) is 45.6 Å². The van der Waals surface area contributed by atoms with Crippen LogP contribution in [0.5, 0.6) is 0 Å². The molecule has 0 aromatic heterocycles.